The molecule has 0 atom stereocenters. The minimum atomic E-state index is -0.224. The average Bonchev–Trinajstić information content (AvgIpc) is 3.11. The van der Waals surface area contributed by atoms with Gasteiger partial charge in [-0.1, -0.05) is 24.3 Å². The molecule has 3 aromatic carbocycles. The zero-order valence-corrected chi connectivity index (χ0v) is 17.0. The number of benzene rings is 3. The van der Waals surface area contributed by atoms with E-state index in [0.29, 0.717) is 30.2 Å². The van der Waals surface area contributed by atoms with Crippen molar-refractivity contribution in [3.05, 3.63) is 78.4 Å². The second-order valence-electron chi connectivity index (χ2n) is 6.85. The van der Waals surface area contributed by atoms with Gasteiger partial charge in [0.2, 0.25) is 0 Å². The second-order valence-corrected chi connectivity index (χ2v) is 6.85. The van der Waals surface area contributed by atoms with Gasteiger partial charge in [-0.2, -0.15) is 0 Å². The first-order valence-corrected chi connectivity index (χ1v) is 9.71. The molecule has 0 unspecified atom stereocenters. The van der Waals surface area contributed by atoms with Gasteiger partial charge < -0.3 is 19.4 Å². The number of aromatic nitrogens is 2. The summed E-state index contributed by atoms with van der Waals surface area (Å²) < 4.78 is 12.7. The minimum Gasteiger partial charge on any atom is -0.490 e. The molecule has 0 aliphatic rings. The summed E-state index contributed by atoms with van der Waals surface area (Å²) >= 11 is 0. The molecule has 4 aromatic rings. The monoisotopic (exact) mass is 401 g/mol. The highest BCUT2D eigenvalue weighted by Crippen LogP contribution is 2.25. The van der Waals surface area contributed by atoms with Gasteiger partial charge in [-0.15, -0.1) is 0 Å². The smallest absolute Gasteiger partial charge is 0.259 e. The quantitative estimate of drug-likeness (QED) is 0.463. The van der Waals surface area contributed by atoms with Crippen LogP contribution >= 0.6 is 0 Å². The van der Waals surface area contributed by atoms with E-state index in [2.05, 4.69) is 9.88 Å². The number of para-hydroxylation sites is 3. The molecule has 6 heteroatoms. The number of carbonyl (C=O) groups excluding carboxylic acids is 1. The third kappa shape index (κ3) is 4.04. The first-order valence-electron chi connectivity index (χ1n) is 9.71. The molecule has 4 rings (SSSR count). The van der Waals surface area contributed by atoms with Gasteiger partial charge in [0, 0.05) is 25.4 Å². The van der Waals surface area contributed by atoms with Gasteiger partial charge in [0.15, 0.2) is 0 Å². The van der Waals surface area contributed by atoms with E-state index in [-0.39, 0.29) is 5.91 Å². The molecule has 0 saturated carbocycles. The number of anilines is 1. The van der Waals surface area contributed by atoms with Crippen molar-refractivity contribution in [1.29, 1.82) is 0 Å². The van der Waals surface area contributed by atoms with E-state index >= 15 is 0 Å². The van der Waals surface area contributed by atoms with Crippen LogP contribution in [0.5, 0.6) is 5.75 Å². The fourth-order valence-electron chi connectivity index (χ4n) is 3.32. The van der Waals surface area contributed by atoms with Crippen LogP contribution in [0, 0.1) is 0 Å². The Morgan fingerprint density at radius 2 is 1.70 bits per heavy atom. The SMILES string of the molecule is COCCOc1ccccc1C(=O)Nc1ccc(-c2nc3ccccc3n2C)cc1. The van der Waals surface area contributed by atoms with Gasteiger partial charge in [0.1, 0.15) is 18.2 Å². The lowest BCUT2D eigenvalue weighted by atomic mass is 10.1. The standard InChI is InChI=1S/C24H23N3O3/c1-27-21-9-5-4-8-20(21)26-23(27)17-11-13-18(14-12-17)25-24(28)19-7-3-6-10-22(19)30-16-15-29-2/h3-14H,15-16H2,1-2H3,(H,25,28). The zero-order valence-electron chi connectivity index (χ0n) is 17.0. The number of imidazole rings is 1. The zero-order chi connectivity index (χ0) is 20.9. The first-order chi connectivity index (χ1) is 14.7. The summed E-state index contributed by atoms with van der Waals surface area (Å²) in [6.45, 7) is 0.840. The van der Waals surface area contributed by atoms with Gasteiger partial charge in [0.05, 0.1) is 23.2 Å². The molecule has 0 radical (unpaired) electrons. The van der Waals surface area contributed by atoms with E-state index in [4.69, 9.17) is 14.5 Å². The molecule has 0 fully saturated rings. The normalized spacial score (nSPS) is 10.9. The van der Waals surface area contributed by atoms with Crippen molar-refractivity contribution >= 4 is 22.6 Å². The molecule has 1 N–H and O–H groups in total. The van der Waals surface area contributed by atoms with E-state index in [1.807, 2.05) is 67.7 Å². The lowest BCUT2D eigenvalue weighted by Crippen LogP contribution is -2.14. The molecule has 1 heterocycles. The summed E-state index contributed by atoms with van der Waals surface area (Å²) in [6.07, 6.45) is 0. The Balaban J connectivity index is 1.51. The fraction of sp³-hybridized carbons (Fsp3) is 0.167. The summed E-state index contributed by atoms with van der Waals surface area (Å²) in [5, 5.41) is 2.93. The van der Waals surface area contributed by atoms with Crippen LogP contribution in [0.15, 0.2) is 72.8 Å². The highest BCUT2D eigenvalue weighted by Gasteiger charge is 2.13. The Labute approximate surface area is 175 Å². The van der Waals surface area contributed by atoms with E-state index in [0.717, 1.165) is 22.4 Å². The van der Waals surface area contributed by atoms with E-state index < -0.39 is 0 Å². The van der Waals surface area contributed by atoms with Crippen molar-refractivity contribution in [1.82, 2.24) is 9.55 Å². The average molecular weight is 401 g/mol. The van der Waals surface area contributed by atoms with Crippen LogP contribution in [0.3, 0.4) is 0 Å². The van der Waals surface area contributed by atoms with Crippen molar-refractivity contribution in [2.45, 2.75) is 0 Å². The Bertz CT molecular complexity index is 1170. The summed E-state index contributed by atoms with van der Waals surface area (Å²) in [7, 11) is 3.61. The molecule has 1 amide bonds. The Morgan fingerprint density at radius 3 is 2.47 bits per heavy atom. The summed E-state index contributed by atoms with van der Waals surface area (Å²) in [6, 6.07) is 22.9. The number of rotatable bonds is 7. The summed E-state index contributed by atoms with van der Waals surface area (Å²) in [5.74, 6) is 1.19. The second kappa shape index (κ2) is 8.80. The Morgan fingerprint density at radius 1 is 0.967 bits per heavy atom. The van der Waals surface area contributed by atoms with Crippen LogP contribution in [0.4, 0.5) is 5.69 Å². The van der Waals surface area contributed by atoms with Crippen molar-refractivity contribution in [3.63, 3.8) is 0 Å². The number of carbonyl (C=O) groups is 1. The van der Waals surface area contributed by atoms with Gasteiger partial charge in [-0.05, 0) is 48.5 Å². The lowest BCUT2D eigenvalue weighted by Gasteiger charge is -2.12. The van der Waals surface area contributed by atoms with Crippen LogP contribution in [0.1, 0.15) is 10.4 Å². The minimum absolute atomic E-state index is 0.224. The number of ether oxygens (including phenoxy) is 2. The molecular formula is C24H23N3O3. The molecule has 152 valence electrons. The highest BCUT2D eigenvalue weighted by molar-refractivity contribution is 6.06. The number of aryl methyl sites for hydroxylation is 1. The predicted octanol–water partition coefficient (Wildman–Crippen LogP) is 4.52. The Kier molecular flexibility index (Phi) is 5.77. The largest absolute Gasteiger partial charge is 0.490 e. The lowest BCUT2D eigenvalue weighted by molar-refractivity contribution is 0.101. The van der Waals surface area contributed by atoms with Crippen LogP contribution < -0.4 is 10.1 Å². The number of nitrogens with zero attached hydrogens (tertiary/aromatic N) is 2. The van der Waals surface area contributed by atoms with Gasteiger partial charge in [-0.3, -0.25) is 4.79 Å². The molecule has 1 aromatic heterocycles. The van der Waals surface area contributed by atoms with Crippen molar-refractivity contribution in [2.75, 3.05) is 25.6 Å². The number of amides is 1. The molecule has 0 aliphatic heterocycles. The molecular weight excluding hydrogens is 378 g/mol. The fourth-order valence-corrected chi connectivity index (χ4v) is 3.32. The van der Waals surface area contributed by atoms with Crippen LogP contribution in [0.2, 0.25) is 0 Å². The summed E-state index contributed by atoms with van der Waals surface area (Å²) in [4.78, 5) is 17.5. The Hall–Kier alpha value is -3.64. The van der Waals surface area contributed by atoms with Crippen LogP contribution in [-0.2, 0) is 11.8 Å². The number of hydrogen-bond acceptors (Lipinski definition) is 4. The molecule has 0 saturated heterocycles. The van der Waals surface area contributed by atoms with Gasteiger partial charge in [0.25, 0.3) is 5.91 Å². The maximum absolute atomic E-state index is 12.8. The topological polar surface area (TPSA) is 65.4 Å². The van der Waals surface area contributed by atoms with Gasteiger partial charge >= 0.3 is 0 Å². The maximum Gasteiger partial charge on any atom is 0.259 e. The molecule has 6 nitrogen and oxygen atoms in total. The van der Waals surface area contributed by atoms with Crippen LogP contribution in [0.25, 0.3) is 22.4 Å². The number of methoxy groups -OCH3 is 1. The number of fused-ring (bicyclic) bond motifs is 1. The maximum atomic E-state index is 12.8. The molecule has 0 aliphatic carbocycles. The third-order valence-corrected chi connectivity index (χ3v) is 4.86. The van der Waals surface area contributed by atoms with Crippen LogP contribution in [-0.4, -0.2) is 35.8 Å². The molecule has 30 heavy (non-hydrogen) atoms. The predicted molar refractivity (Wildman–Crippen MR) is 118 cm³/mol. The number of hydrogen-bond donors (Lipinski definition) is 1. The van der Waals surface area contributed by atoms with Crippen molar-refractivity contribution in [3.8, 4) is 17.1 Å². The first kappa shape index (κ1) is 19.7. The van der Waals surface area contributed by atoms with Gasteiger partial charge in [-0.25, -0.2) is 4.98 Å². The highest BCUT2D eigenvalue weighted by atomic mass is 16.5. The van der Waals surface area contributed by atoms with Crippen molar-refractivity contribution in [2.24, 2.45) is 7.05 Å². The third-order valence-electron chi connectivity index (χ3n) is 4.86. The number of nitrogens with one attached hydrogen (secondary N) is 1. The molecule has 0 spiro atoms. The molecule has 0 bridgehead atoms. The van der Waals surface area contributed by atoms with E-state index in [9.17, 15) is 4.79 Å². The summed E-state index contributed by atoms with van der Waals surface area (Å²) in [5.41, 5.74) is 4.20. The van der Waals surface area contributed by atoms with Crippen molar-refractivity contribution < 1.29 is 14.3 Å². The van der Waals surface area contributed by atoms with E-state index in [1.54, 1.807) is 19.2 Å². The van der Waals surface area contributed by atoms with E-state index in [1.165, 1.54) is 0 Å².